The third kappa shape index (κ3) is 4.44. The molecule has 0 saturated heterocycles. The number of aliphatic hydroxyl groups excluding tert-OH is 1. The van der Waals surface area contributed by atoms with E-state index in [1.54, 1.807) is 41.1 Å². The molecule has 5 nitrogen and oxygen atoms in total. The first-order chi connectivity index (χ1) is 10.1. The molecule has 0 aliphatic carbocycles. The highest BCUT2D eigenvalue weighted by atomic mass is 35.5. The SMILES string of the molecule is O=C(O)c1ccc[n+](CC(O)COc2ccccc2Cl)c1. The lowest BCUT2D eigenvalue weighted by molar-refractivity contribution is -0.703. The number of carboxylic acid groups (broad SMARTS) is 1. The Bertz CT molecular complexity index is 633. The Morgan fingerprint density at radius 2 is 2.05 bits per heavy atom. The van der Waals surface area contributed by atoms with Crippen LogP contribution in [0.1, 0.15) is 10.4 Å². The molecule has 0 saturated carbocycles. The maximum absolute atomic E-state index is 10.9. The number of halogens is 1. The molecule has 1 atom stereocenters. The number of carboxylic acids is 1. The molecule has 0 fully saturated rings. The van der Waals surface area contributed by atoms with Gasteiger partial charge >= 0.3 is 5.97 Å². The van der Waals surface area contributed by atoms with Crippen molar-refractivity contribution in [2.45, 2.75) is 12.6 Å². The van der Waals surface area contributed by atoms with E-state index in [2.05, 4.69) is 0 Å². The van der Waals surface area contributed by atoms with E-state index in [1.165, 1.54) is 12.3 Å². The lowest BCUT2D eigenvalue weighted by atomic mass is 10.3. The van der Waals surface area contributed by atoms with Gasteiger partial charge in [-0.1, -0.05) is 23.7 Å². The summed E-state index contributed by atoms with van der Waals surface area (Å²) in [5, 5.41) is 19.3. The van der Waals surface area contributed by atoms with Crippen LogP contribution >= 0.6 is 11.6 Å². The maximum Gasteiger partial charge on any atom is 0.341 e. The Hall–Kier alpha value is -2.11. The van der Waals surface area contributed by atoms with Gasteiger partial charge < -0.3 is 14.9 Å². The number of aromatic nitrogens is 1. The van der Waals surface area contributed by atoms with E-state index in [4.69, 9.17) is 21.4 Å². The van der Waals surface area contributed by atoms with Crippen LogP contribution in [0.25, 0.3) is 0 Å². The average molecular weight is 309 g/mol. The molecule has 2 N–H and O–H groups in total. The molecular formula is C15H15ClNO4+. The van der Waals surface area contributed by atoms with E-state index in [0.29, 0.717) is 10.8 Å². The smallest absolute Gasteiger partial charge is 0.341 e. The highest BCUT2D eigenvalue weighted by Gasteiger charge is 2.15. The fraction of sp³-hybridized carbons (Fsp3) is 0.200. The zero-order chi connectivity index (χ0) is 15.2. The van der Waals surface area contributed by atoms with Crippen molar-refractivity contribution in [2.24, 2.45) is 0 Å². The predicted octanol–water partition coefficient (Wildman–Crippen LogP) is 1.77. The molecule has 1 unspecified atom stereocenters. The van der Waals surface area contributed by atoms with Crippen LogP contribution in [0.15, 0.2) is 48.8 Å². The van der Waals surface area contributed by atoms with Gasteiger partial charge in [-0.3, -0.25) is 0 Å². The summed E-state index contributed by atoms with van der Waals surface area (Å²) in [4.78, 5) is 10.9. The van der Waals surface area contributed by atoms with Crippen LogP contribution in [-0.2, 0) is 6.54 Å². The number of ether oxygens (including phenoxy) is 1. The molecule has 0 radical (unpaired) electrons. The van der Waals surface area contributed by atoms with E-state index in [-0.39, 0.29) is 18.7 Å². The summed E-state index contributed by atoms with van der Waals surface area (Å²) >= 11 is 5.95. The summed E-state index contributed by atoms with van der Waals surface area (Å²) in [6.07, 6.45) is 2.36. The summed E-state index contributed by atoms with van der Waals surface area (Å²) in [6.45, 7) is 0.291. The van der Waals surface area contributed by atoms with Crippen LogP contribution in [0, 0.1) is 0 Å². The zero-order valence-corrected chi connectivity index (χ0v) is 11.9. The molecule has 1 aromatic heterocycles. The number of nitrogens with zero attached hydrogens (tertiary/aromatic N) is 1. The van der Waals surface area contributed by atoms with Gasteiger partial charge in [0, 0.05) is 6.07 Å². The Morgan fingerprint density at radius 3 is 2.76 bits per heavy atom. The molecule has 21 heavy (non-hydrogen) atoms. The van der Waals surface area contributed by atoms with E-state index in [0.717, 1.165) is 0 Å². The van der Waals surface area contributed by atoms with E-state index < -0.39 is 12.1 Å². The van der Waals surface area contributed by atoms with Gasteiger partial charge in [0.1, 0.15) is 24.0 Å². The zero-order valence-electron chi connectivity index (χ0n) is 11.1. The number of benzene rings is 1. The Labute approximate surface area is 127 Å². The molecular weight excluding hydrogens is 294 g/mol. The van der Waals surface area contributed by atoms with E-state index >= 15 is 0 Å². The number of aliphatic hydroxyl groups is 1. The van der Waals surface area contributed by atoms with Crippen molar-refractivity contribution >= 4 is 17.6 Å². The average Bonchev–Trinajstić information content (AvgIpc) is 2.46. The monoisotopic (exact) mass is 308 g/mol. The van der Waals surface area contributed by atoms with Crippen LogP contribution in [-0.4, -0.2) is 28.9 Å². The van der Waals surface area contributed by atoms with Crippen LogP contribution in [0.2, 0.25) is 5.02 Å². The van der Waals surface area contributed by atoms with Crippen LogP contribution < -0.4 is 9.30 Å². The van der Waals surface area contributed by atoms with Crippen molar-refractivity contribution < 1.29 is 24.3 Å². The number of pyridine rings is 1. The largest absolute Gasteiger partial charge is 0.489 e. The lowest BCUT2D eigenvalue weighted by Crippen LogP contribution is -2.42. The van der Waals surface area contributed by atoms with E-state index in [9.17, 15) is 9.90 Å². The molecule has 0 spiro atoms. The minimum atomic E-state index is -1.01. The van der Waals surface area contributed by atoms with Gasteiger partial charge in [-0.15, -0.1) is 0 Å². The number of rotatable bonds is 6. The van der Waals surface area contributed by atoms with Crippen LogP contribution in [0.5, 0.6) is 5.75 Å². The normalized spacial score (nSPS) is 11.9. The number of hydrogen-bond donors (Lipinski definition) is 2. The molecule has 0 bridgehead atoms. The molecule has 0 amide bonds. The van der Waals surface area contributed by atoms with Crippen molar-refractivity contribution in [3.05, 3.63) is 59.4 Å². The summed E-state index contributed by atoms with van der Waals surface area (Å²) in [7, 11) is 0. The lowest BCUT2D eigenvalue weighted by Gasteiger charge is -2.11. The third-order valence-electron chi connectivity index (χ3n) is 2.79. The van der Waals surface area contributed by atoms with Crippen molar-refractivity contribution in [3.8, 4) is 5.75 Å². The predicted molar refractivity (Wildman–Crippen MR) is 76.6 cm³/mol. The van der Waals surface area contributed by atoms with Gasteiger partial charge in [-0.25, -0.2) is 9.36 Å². The number of para-hydroxylation sites is 1. The second kappa shape index (κ2) is 7.06. The Morgan fingerprint density at radius 1 is 1.29 bits per heavy atom. The standard InChI is InChI=1S/C15H14ClNO4/c16-13-5-1-2-6-14(13)21-10-12(18)9-17-7-3-4-11(8-17)15(19)20/h1-8,12,18H,9-10H2/p+1. The minimum absolute atomic E-state index is 0.0635. The Kier molecular flexibility index (Phi) is 5.14. The van der Waals surface area contributed by atoms with Crippen molar-refractivity contribution in [2.75, 3.05) is 6.61 Å². The highest BCUT2D eigenvalue weighted by Crippen LogP contribution is 2.23. The number of carbonyl (C=O) groups is 1. The van der Waals surface area contributed by atoms with Crippen molar-refractivity contribution in [3.63, 3.8) is 0 Å². The fourth-order valence-electron chi connectivity index (χ4n) is 1.81. The summed E-state index contributed by atoms with van der Waals surface area (Å²) in [5.74, 6) is -0.506. The Balaban J connectivity index is 1.93. The maximum atomic E-state index is 10.9. The van der Waals surface area contributed by atoms with Crippen LogP contribution in [0.3, 0.4) is 0 Å². The summed E-state index contributed by atoms with van der Waals surface area (Å²) < 4.78 is 7.04. The van der Waals surface area contributed by atoms with Gasteiger partial charge in [0.25, 0.3) is 0 Å². The van der Waals surface area contributed by atoms with Gasteiger partial charge in [-0.05, 0) is 18.2 Å². The first kappa shape index (κ1) is 15.3. The summed E-state index contributed by atoms with van der Waals surface area (Å²) in [5.41, 5.74) is 0.164. The second-order valence-electron chi connectivity index (χ2n) is 4.49. The molecule has 1 heterocycles. The van der Waals surface area contributed by atoms with Gasteiger partial charge in [-0.2, -0.15) is 0 Å². The summed E-state index contributed by atoms with van der Waals surface area (Å²) in [6, 6.07) is 10.1. The minimum Gasteiger partial charge on any atom is -0.489 e. The molecule has 0 aliphatic heterocycles. The molecule has 1 aromatic carbocycles. The van der Waals surface area contributed by atoms with Gasteiger partial charge in [0.15, 0.2) is 18.9 Å². The second-order valence-corrected chi connectivity index (χ2v) is 4.90. The van der Waals surface area contributed by atoms with Crippen molar-refractivity contribution in [1.82, 2.24) is 0 Å². The fourth-order valence-corrected chi connectivity index (χ4v) is 2.00. The molecule has 0 aliphatic rings. The third-order valence-corrected chi connectivity index (χ3v) is 3.11. The highest BCUT2D eigenvalue weighted by molar-refractivity contribution is 6.32. The number of hydrogen-bond acceptors (Lipinski definition) is 3. The van der Waals surface area contributed by atoms with Gasteiger partial charge in [0.05, 0.1) is 5.02 Å². The molecule has 2 rings (SSSR count). The molecule has 6 heteroatoms. The molecule has 2 aromatic rings. The first-order valence-electron chi connectivity index (χ1n) is 6.34. The first-order valence-corrected chi connectivity index (χ1v) is 6.72. The van der Waals surface area contributed by atoms with Gasteiger partial charge in [0.2, 0.25) is 0 Å². The van der Waals surface area contributed by atoms with E-state index in [1.807, 2.05) is 0 Å². The quantitative estimate of drug-likeness (QED) is 0.798. The number of aromatic carboxylic acids is 1. The van der Waals surface area contributed by atoms with Crippen LogP contribution in [0.4, 0.5) is 0 Å². The van der Waals surface area contributed by atoms with Crippen molar-refractivity contribution in [1.29, 1.82) is 0 Å². The molecule has 110 valence electrons. The topological polar surface area (TPSA) is 70.6 Å².